The Morgan fingerprint density at radius 3 is 2.53 bits per heavy atom. The number of anilines is 1. The maximum atomic E-state index is 14.4. The number of hydrogen-bond acceptors (Lipinski definition) is 2. The van der Waals surface area contributed by atoms with Crippen LogP contribution in [0.15, 0.2) is 48.7 Å². The minimum Gasteiger partial charge on any atom is -0.368 e. The van der Waals surface area contributed by atoms with Crippen molar-refractivity contribution in [2.45, 2.75) is 18.8 Å². The van der Waals surface area contributed by atoms with Crippen molar-refractivity contribution in [3.05, 3.63) is 71.7 Å². The third-order valence-electron chi connectivity index (χ3n) is 5.93. The number of halogens is 3. The first-order valence-corrected chi connectivity index (χ1v) is 9.98. The van der Waals surface area contributed by atoms with Gasteiger partial charge in [0.1, 0.15) is 23.3 Å². The average molecular weight is 410 g/mol. The van der Waals surface area contributed by atoms with Crippen molar-refractivity contribution < 1.29 is 13.2 Å². The lowest BCUT2D eigenvalue weighted by atomic mass is 9.70. The number of hydrogen-bond donors (Lipinski definition) is 2. The number of aryl methyl sites for hydroxylation is 1. The summed E-state index contributed by atoms with van der Waals surface area (Å²) in [7, 11) is 1.87. The van der Waals surface area contributed by atoms with Crippen molar-refractivity contribution in [3.63, 3.8) is 0 Å². The van der Waals surface area contributed by atoms with Crippen molar-refractivity contribution in [2.75, 3.05) is 11.9 Å². The highest BCUT2D eigenvalue weighted by molar-refractivity contribution is 5.92. The fourth-order valence-corrected chi connectivity index (χ4v) is 4.40. The summed E-state index contributed by atoms with van der Waals surface area (Å²) >= 11 is 0. The molecule has 154 valence electrons. The van der Waals surface area contributed by atoms with Gasteiger partial charge in [0, 0.05) is 37.3 Å². The lowest BCUT2D eigenvalue weighted by Gasteiger charge is -2.36. The normalized spacial score (nSPS) is 18.5. The summed E-state index contributed by atoms with van der Waals surface area (Å²) in [5.74, 6) is -0.0926. The highest BCUT2D eigenvalue weighted by Gasteiger charge is 2.34. The van der Waals surface area contributed by atoms with Crippen LogP contribution in [0.2, 0.25) is 0 Å². The molecule has 0 radical (unpaired) electrons. The minimum absolute atomic E-state index is 0.176. The van der Waals surface area contributed by atoms with E-state index in [4.69, 9.17) is 0 Å². The average Bonchev–Trinajstić information content (AvgIpc) is 3.25. The number of aromatic nitrogens is 3. The first-order chi connectivity index (χ1) is 14.5. The van der Waals surface area contributed by atoms with Gasteiger partial charge in [0.05, 0.1) is 11.2 Å². The fourth-order valence-electron chi connectivity index (χ4n) is 4.40. The van der Waals surface area contributed by atoms with Crippen LogP contribution in [0.25, 0.3) is 22.2 Å². The second-order valence-corrected chi connectivity index (χ2v) is 8.02. The van der Waals surface area contributed by atoms with Gasteiger partial charge in [-0.3, -0.25) is 4.68 Å². The van der Waals surface area contributed by atoms with E-state index in [-0.39, 0.29) is 11.7 Å². The molecule has 1 aliphatic carbocycles. The van der Waals surface area contributed by atoms with Gasteiger partial charge >= 0.3 is 0 Å². The smallest absolute Gasteiger partial charge is 0.150 e. The van der Waals surface area contributed by atoms with Crippen LogP contribution in [-0.4, -0.2) is 21.3 Å². The molecule has 1 aliphatic rings. The largest absolute Gasteiger partial charge is 0.368 e. The predicted octanol–water partition coefficient (Wildman–Crippen LogP) is 5.59. The van der Waals surface area contributed by atoms with E-state index in [1.54, 1.807) is 16.8 Å². The summed E-state index contributed by atoms with van der Waals surface area (Å²) in [6, 6.07) is 10.3. The van der Waals surface area contributed by atoms with Crippen molar-refractivity contribution in [3.8, 4) is 11.3 Å². The van der Waals surface area contributed by atoms with E-state index in [0.29, 0.717) is 16.8 Å². The molecule has 0 bridgehead atoms. The Morgan fingerprint density at radius 1 is 1.07 bits per heavy atom. The van der Waals surface area contributed by atoms with E-state index < -0.39 is 11.6 Å². The number of fused-ring (bicyclic) bond motifs is 1. The zero-order valence-corrected chi connectivity index (χ0v) is 16.4. The second-order valence-electron chi connectivity index (χ2n) is 8.02. The van der Waals surface area contributed by atoms with Crippen LogP contribution in [0.4, 0.5) is 19.0 Å². The quantitative estimate of drug-likeness (QED) is 0.450. The SMILES string of the molecule is Cn1ccc(NCC2CC(c3c(-c4ccc(F)cc4)[nH]c4c(F)cc(F)cc34)C2)n1. The molecule has 1 saturated carbocycles. The van der Waals surface area contributed by atoms with Gasteiger partial charge in [-0.1, -0.05) is 0 Å². The van der Waals surface area contributed by atoms with Gasteiger partial charge in [0.15, 0.2) is 0 Å². The van der Waals surface area contributed by atoms with E-state index in [0.717, 1.165) is 48.1 Å². The summed E-state index contributed by atoms with van der Waals surface area (Å²) in [5.41, 5.74) is 2.69. The van der Waals surface area contributed by atoms with Crippen LogP contribution >= 0.6 is 0 Å². The van der Waals surface area contributed by atoms with Crippen LogP contribution in [0.3, 0.4) is 0 Å². The first kappa shape index (κ1) is 18.8. The Labute approximate surface area is 171 Å². The molecule has 2 aromatic heterocycles. The van der Waals surface area contributed by atoms with Gasteiger partial charge in [-0.2, -0.15) is 5.10 Å². The van der Waals surface area contributed by atoms with Crippen molar-refractivity contribution in [1.29, 1.82) is 0 Å². The van der Waals surface area contributed by atoms with Gasteiger partial charge < -0.3 is 10.3 Å². The molecule has 4 aromatic rings. The number of H-pyrrole nitrogens is 1. The zero-order chi connectivity index (χ0) is 20.8. The van der Waals surface area contributed by atoms with Crippen molar-refractivity contribution >= 4 is 16.7 Å². The molecule has 1 fully saturated rings. The summed E-state index contributed by atoms with van der Waals surface area (Å²) in [4.78, 5) is 3.13. The van der Waals surface area contributed by atoms with Gasteiger partial charge in [0.25, 0.3) is 0 Å². The number of nitrogens with zero attached hydrogens (tertiary/aromatic N) is 2. The Hall–Kier alpha value is -3.22. The molecule has 30 heavy (non-hydrogen) atoms. The highest BCUT2D eigenvalue weighted by atomic mass is 19.1. The van der Waals surface area contributed by atoms with E-state index in [1.807, 2.05) is 19.3 Å². The maximum absolute atomic E-state index is 14.4. The van der Waals surface area contributed by atoms with Crippen LogP contribution in [0.5, 0.6) is 0 Å². The first-order valence-electron chi connectivity index (χ1n) is 9.98. The molecular weight excluding hydrogens is 389 g/mol. The topological polar surface area (TPSA) is 45.6 Å². The molecule has 4 nitrogen and oxygen atoms in total. The van der Waals surface area contributed by atoms with Crippen LogP contribution in [-0.2, 0) is 7.05 Å². The van der Waals surface area contributed by atoms with Crippen LogP contribution in [0, 0.1) is 23.4 Å². The van der Waals surface area contributed by atoms with Gasteiger partial charge in [0.2, 0.25) is 0 Å². The van der Waals surface area contributed by atoms with Gasteiger partial charge in [-0.25, -0.2) is 13.2 Å². The molecule has 0 saturated heterocycles. The molecule has 0 atom stereocenters. The number of aromatic amines is 1. The highest BCUT2D eigenvalue weighted by Crippen LogP contribution is 2.48. The molecule has 0 amide bonds. The van der Waals surface area contributed by atoms with Crippen molar-refractivity contribution in [1.82, 2.24) is 14.8 Å². The monoisotopic (exact) mass is 410 g/mol. The molecule has 5 rings (SSSR count). The van der Waals surface area contributed by atoms with E-state index in [9.17, 15) is 13.2 Å². The molecule has 0 unspecified atom stereocenters. The number of rotatable bonds is 5. The molecule has 2 N–H and O–H groups in total. The van der Waals surface area contributed by atoms with Gasteiger partial charge in [-0.05, 0) is 66.1 Å². The maximum Gasteiger partial charge on any atom is 0.150 e. The molecule has 0 spiro atoms. The van der Waals surface area contributed by atoms with E-state index in [1.165, 1.54) is 18.2 Å². The molecule has 7 heteroatoms. The minimum atomic E-state index is -0.618. The third kappa shape index (κ3) is 3.34. The Morgan fingerprint density at radius 2 is 1.83 bits per heavy atom. The van der Waals surface area contributed by atoms with Gasteiger partial charge in [-0.15, -0.1) is 0 Å². The van der Waals surface area contributed by atoms with E-state index >= 15 is 0 Å². The zero-order valence-electron chi connectivity index (χ0n) is 16.4. The summed E-state index contributed by atoms with van der Waals surface area (Å²) in [6.45, 7) is 0.796. The Bertz CT molecular complexity index is 1200. The summed E-state index contributed by atoms with van der Waals surface area (Å²) < 4.78 is 43.6. The predicted molar refractivity (Wildman–Crippen MR) is 111 cm³/mol. The molecular formula is C23H21F3N4. The molecule has 2 heterocycles. The van der Waals surface area contributed by atoms with Crippen LogP contribution in [0.1, 0.15) is 24.3 Å². The molecule has 2 aromatic carbocycles. The lowest BCUT2D eigenvalue weighted by Crippen LogP contribution is -2.28. The number of benzene rings is 2. The van der Waals surface area contributed by atoms with Crippen molar-refractivity contribution in [2.24, 2.45) is 13.0 Å². The Kier molecular flexibility index (Phi) is 4.53. The van der Waals surface area contributed by atoms with Crippen LogP contribution < -0.4 is 5.32 Å². The summed E-state index contributed by atoms with van der Waals surface area (Å²) in [5, 5.41) is 8.22. The Balaban J connectivity index is 1.44. The third-order valence-corrected chi connectivity index (χ3v) is 5.93. The second kappa shape index (κ2) is 7.23. The lowest BCUT2D eigenvalue weighted by molar-refractivity contribution is 0.280. The number of nitrogens with one attached hydrogen (secondary N) is 2. The van der Waals surface area contributed by atoms with E-state index in [2.05, 4.69) is 15.4 Å². The molecule has 0 aliphatic heterocycles. The fraction of sp³-hybridized carbons (Fsp3) is 0.261. The summed E-state index contributed by atoms with van der Waals surface area (Å²) in [6.07, 6.45) is 3.69. The standard InChI is InChI=1S/C23H21F3N4/c1-30-7-6-20(29-30)27-12-13-8-15(9-13)21-18-10-17(25)11-19(26)23(18)28-22(21)14-2-4-16(24)5-3-14/h2-7,10-11,13,15,28H,8-9,12H2,1H3,(H,27,29).